The lowest BCUT2D eigenvalue weighted by atomic mass is 10.3. The lowest BCUT2D eigenvalue weighted by molar-refractivity contribution is 0.394. The van der Waals surface area contributed by atoms with Gasteiger partial charge < -0.3 is 4.90 Å². The van der Waals surface area contributed by atoms with E-state index in [1.54, 1.807) is 0 Å². The predicted molar refractivity (Wildman–Crippen MR) is 59.7 cm³/mol. The second kappa shape index (κ2) is 4.77. The van der Waals surface area contributed by atoms with Gasteiger partial charge in [-0.2, -0.15) is 0 Å². The number of hydrogen-bond donors (Lipinski definition) is 0. The molecule has 0 amide bonds. The van der Waals surface area contributed by atoms with Crippen LogP contribution < -0.4 is 0 Å². The molecule has 0 aromatic heterocycles. The second-order valence-corrected chi connectivity index (χ2v) is 5.30. The summed E-state index contributed by atoms with van der Waals surface area (Å²) in [5, 5.41) is 2.14. The van der Waals surface area contributed by atoms with Gasteiger partial charge in [0, 0.05) is 24.5 Å². The molecular weight excluding hydrogens is 186 g/mol. The van der Waals surface area contributed by atoms with Crippen molar-refractivity contribution >= 4 is 20.6 Å². The minimum atomic E-state index is 0.0683. The van der Waals surface area contributed by atoms with Gasteiger partial charge in [-0.1, -0.05) is 15.5 Å². The van der Waals surface area contributed by atoms with E-state index in [0.717, 1.165) is 18.8 Å². The molecule has 1 aliphatic rings. The molecule has 0 spiro atoms. The molecule has 0 saturated carbocycles. The van der Waals surface area contributed by atoms with E-state index in [9.17, 15) is 0 Å². The molecule has 0 aromatic carbocycles. The highest BCUT2D eigenvalue weighted by molar-refractivity contribution is 8.30. The summed E-state index contributed by atoms with van der Waals surface area (Å²) >= 11 is 5.18. The van der Waals surface area contributed by atoms with Gasteiger partial charge in [0.15, 0.2) is 0 Å². The largest absolute Gasteiger partial charge is 0.372 e. The second-order valence-electron chi connectivity index (χ2n) is 2.65. The molecule has 1 aliphatic heterocycles. The topological polar surface area (TPSA) is 3.24 Å². The van der Waals surface area contributed by atoms with Crippen LogP contribution in [0.5, 0.6) is 0 Å². The standard InChI is InChI=1S/C9H15NS2/c1-3-10(4-2)9-5-7-12(11)8-6-9/h5-7H,3-4,8H2,1-2H3. The fraction of sp³-hybridized carbons (Fsp3) is 0.556. The van der Waals surface area contributed by atoms with Gasteiger partial charge >= 0.3 is 0 Å². The van der Waals surface area contributed by atoms with Crippen LogP contribution in [0.2, 0.25) is 0 Å². The molecule has 0 saturated heterocycles. The lowest BCUT2D eigenvalue weighted by Crippen LogP contribution is -2.22. The van der Waals surface area contributed by atoms with Crippen molar-refractivity contribution in [2.24, 2.45) is 0 Å². The van der Waals surface area contributed by atoms with E-state index in [0.29, 0.717) is 0 Å². The van der Waals surface area contributed by atoms with Crippen molar-refractivity contribution in [1.82, 2.24) is 4.90 Å². The molecule has 0 aromatic rings. The Morgan fingerprint density at radius 1 is 1.50 bits per heavy atom. The van der Waals surface area contributed by atoms with E-state index >= 15 is 0 Å². The van der Waals surface area contributed by atoms with Crippen LogP contribution in [-0.2, 0) is 20.6 Å². The zero-order valence-corrected chi connectivity index (χ0v) is 9.25. The smallest absolute Gasteiger partial charge is 0.0339 e. The van der Waals surface area contributed by atoms with Crippen LogP contribution in [0, 0.1) is 0 Å². The number of nitrogens with zero attached hydrogens (tertiary/aromatic N) is 1. The third-order valence-corrected chi connectivity index (χ3v) is 3.65. The molecule has 68 valence electrons. The van der Waals surface area contributed by atoms with E-state index in [1.807, 2.05) is 0 Å². The van der Waals surface area contributed by atoms with Crippen LogP contribution in [0.3, 0.4) is 0 Å². The number of allylic oxidation sites excluding steroid dienone is 1. The Labute approximate surface area is 81.7 Å². The molecule has 1 rings (SSSR count). The van der Waals surface area contributed by atoms with E-state index < -0.39 is 0 Å². The van der Waals surface area contributed by atoms with Gasteiger partial charge in [-0.05, 0) is 36.5 Å². The Bertz CT molecular complexity index is 227. The fourth-order valence-corrected chi connectivity index (χ4v) is 2.37. The van der Waals surface area contributed by atoms with Gasteiger partial charge in [0.25, 0.3) is 0 Å². The quantitative estimate of drug-likeness (QED) is 0.685. The van der Waals surface area contributed by atoms with Gasteiger partial charge in [0.1, 0.15) is 0 Å². The van der Waals surface area contributed by atoms with Crippen molar-refractivity contribution in [2.45, 2.75) is 13.8 Å². The van der Waals surface area contributed by atoms with E-state index in [2.05, 4.69) is 36.3 Å². The Kier molecular flexibility index (Phi) is 3.95. The predicted octanol–water partition coefficient (Wildman–Crippen LogP) is 1.82. The van der Waals surface area contributed by atoms with Gasteiger partial charge in [-0.3, -0.25) is 0 Å². The van der Waals surface area contributed by atoms with Crippen molar-refractivity contribution in [3.8, 4) is 0 Å². The van der Waals surface area contributed by atoms with Crippen LogP contribution in [0.15, 0.2) is 23.3 Å². The zero-order valence-electron chi connectivity index (χ0n) is 7.62. The number of hydrogen-bond acceptors (Lipinski definition) is 2. The first-order valence-corrected chi connectivity index (χ1v) is 6.66. The minimum Gasteiger partial charge on any atom is -0.372 e. The molecule has 1 atom stereocenters. The molecule has 0 bridgehead atoms. The van der Waals surface area contributed by atoms with E-state index in [4.69, 9.17) is 11.2 Å². The van der Waals surface area contributed by atoms with Crippen LogP contribution in [0.1, 0.15) is 13.8 Å². The van der Waals surface area contributed by atoms with Gasteiger partial charge in [-0.15, -0.1) is 0 Å². The first-order chi connectivity index (χ1) is 5.77. The monoisotopic (exact) mass is 201 g/mol. The van der Waals surface area contributed by atoms with Crippen LogP contribution in [0.4, 0.5) is 0 Å². The van der Waals surface area contributed by atoms with Crippen LogP contribution in [0.25, 0.3) is 0 Å². The van der Waals surface area contributed by atoms with Gasteiger partial charge in [-0.25, -0.2) is 0 Å². The SMILES string of the molecule is CCN(CC)C1=CCS(=S)C=C1. The molecule has 0 N–H and O–H groups in total. The maximum absolute atomic E-state index is 5.18. The highest BCUT2D eigenvalue weighted by Crippen LogP contribution is 2.10. The molecular formula is C9H15NS2. The Hall–Kier alpha value is -0.150. The maximum Gasteiger partial charge on any atom is 0.0339 e. The molecule has 0 fully saturated rings. The minimum absolute atomic E-state index is 0.0683. The highest BCUT2D eigenvalue weighted by Gasteiger charge is 2.04. The summed E-state index contributed by atoms with van der Waals surface area (Å²) in [6.45, 7) is 6.52. The number of rotatable bonds is 3. The van der Waals surface area contributed by atoms with Crippen molar-refractivity contribution in [3.05, 3.63) is 23.3 Å². The average molecular weight is 201 g/mol. The Morgan fingerprint density at radius 2 is 2.17 bits per heavy atom. The first kappa shape index (κ1) is 9.93. The Morgan fingerprint density at radius 3 is 2.58 bits per heavy atom. The fourth-order valence-electron chi connectivity index (χ4n) is 1.26. The Balaban J connectivity index is 2.64. The molecule has 0 radical (unpaired) electrons. The van der Waals surface area contributed by atoms with E-state index in [1.165, 1.54) is 5.70 Å². The van der Waals surface area contributed by atoms with Gasteiger partial charge in [0.05, 0.1) is 0 Å². The van der Waals surface area contributed by atoms with Crippen LogP contribution >= 0.6 is 0 Å². The molecule has 12 heavy (non-hydrogen) atoms. The van der Waals surface area contributed by atoms with Gasteiger partial charge in [0.2, 0.25) is 0 Å². The first-order valence-electron chi connectivity index (χ1n) is 4.28. The van der Waals surface area contributed by atoms with Crippen LogP contribution in [-0.4, -0.2) is 23.7 Å². The van der Waals surface area contributed by atoms with Crippen molar-refractivity contribution in [2.75, 3.05) is 18.8 Å². The lowest BCUT2D eigenvalue weighted by Gasteiger charge is -2.23. The average Bonchev–Trinajstić information content (AvgIpc) is 2.10. The third-order valence-electron chi connectivity index (χ3n) is 1.98. The normalized spacial score (nSPS) is 22.2. The summed E-state index contributed by atoms with van der Waals surface area (Å²) < 4.78 is 0. The van der Waals surface area contributed by atoms with Crippen molar-refractivity contribution in [1.29, 1.82) is 0 Å². The van der Waals surface area contributed by atoms with Crippen molar-refractivity contribution < 1.29 is 0 Å². The zero-order chi connectivity index (χ0) is 8.97. The summed E-state index contributed by atoms with van der Waals surface area (Å²) in [6.07, 6.45) is 4.41. The van der Waals surface area contributed by atoms with E-state index in [-0.39, 0.29) is 9.45 Å². The summed E-state index contributed by atoms with van der Waals surface area (Å²) in [4.78, 5) is 2.35. The summed E-state index contributed by atoms with van der Waals surface area (Å²) in [6, 6.07) is 0. The summed E-state index contributed by atoms with van der Waals surface area (Å²) in [5.74, 6) is 1.04. The molecule has 3 heteroatoms. The summed E-state index contributed by atoms with van der Waals surface area (Å²) in [7, 11) is 0.0683. The molecule has 1 unspecified atom stereocenters. The molecule has 1 nitrogen and oxygen atoms in total. The highest BCUT2D eigenvalue weighted by atomic mass is 32.8. The maximum atomic E-state index is 5.18. The van der Waals surface area contributed by atoms with Crippen molar-refractivity contribution in [3.63, 3.8) is 0 Å². The summed E-state index contributed by atoms with van der Waals surface area (Å²) in [5.41, 5.74) is 1.34. The molecule has 1 heterocycles. The molecule has 0 aliphatic carbocycles. The third kappa shape index (κ3) is 2.42. The number of likely N-dealkylation sites (N-methyl/N-ethyl adjacent to an activating group) is 1.